The minimum atomic E-state index is -0.526. The van der Waals surface area contributed by atoms with Crippen molar-refractivity contribution in [2.45, 2.75) is 0 Å². The fraction of sp³-hybridized carbons (Fsp3) is 0. The van der Waals surface area contributed by atoms with Crippen LogP contribution in [0.1, 0.15) is 0 Å². The molecule has 55 heavy (non-hydrogen) atoms. The third-order valence-electron chi connectivity index (χ3n) is 8.92. The quantitative estimate of drug-likeness (QED) is 0.0783. The Bertz CT molecular complexity index is 2510. The topological polar surface area (TPSA) is 193 Å². The number of phenols is 2. The van der Waals surface area contributed by atoms with Gasteiger partial charge in [0, 0.05) is 46.5 Å². The second-order valence-corrected chi connectivity index (χ2v) is 12.4. The minimum absolute atomic E-state index is 0.147. The van der Waals surface area contributed by atoms with Gasteiger partial charge in [-0.05, 0) is 60.7 Å². The van der Waals surface area contributed by atoms with Crippen LogP contribution in [0.4, 0.5) is 11.4 Å². The van der Waals surface area contributed by atoms with Crippen LogP contribution >= 0.6 is 0 Å². The number of ether oxygens (including phenoxy) is 1. The number of nitro groups is 2. The van der Waals surface area contributed by atoms with Gasteiger partial charge in [-0.15, -0.1) is 0 Å². The standard InChI is InChI=1S/C42H28N6O7/c49-35-21-15-29(47(51)52)23-33(35)41-43-37(25-7-3-1-4-8-25)39(45-41)27-11-17-31(18-12-27)55-32-19-13-28(14-20-32)40-38(26-9-5-2-6-10-26)44-42(46-40)34-24-30(48(53)54)16-22-36(34)50/h1-24,49-50H,(H,43,45)(H,44,46). The number of nitrogens with one attached hydrogen (secondary N) is 2. The molecule has 0 aliphatic heterocycles. The number of aromatic amines is 2. The van der Waals surface area contributed by atoms with Crippen LogP contribution in [0.25, 0.3) is 67.8 Å². The van der Waals surface area contributed by atoms with E-state index in [0.717, 1.165) is 22.3 Å². The molecule has 0 saturated carbocycles. The number of phenolic OH excluding ortho intramolecular Hbond substituents is 2. The summed E-state index contributed by atoms with van der Waals surface area (Å²) in [6.45, 7) is 0. The molecule has 8 aromatic rings. The van der Waals surface area contributed by atoms with Gasteiger partial charge in [0.25, 0.3) is 11.4 Å². The molecule has 4 N–H and O–H groups in total. The summed E-state index contributed by atoms with van der Waals surface area (Å²) in [5.41, 5.74) is 5.71. The molecule has 2 aromatic heterocycles. The average Bonchev–Trinajstić information content (AvgIpc) is 3.86. The van der Waals surface area contributed by atoms with Crippen LogP contribution in [0.15, 0.2) is 146 Å². The van der Waals surface area contributed by atoms with Gasteiger partial charge < -0.3 is 24.9 Å². The molecule has 268 valence electrons. The van der Waals surface area contributed by atoms with Crippen molar-refractivity contribution in [3.63, 3.8) is 0 Å². The molecule has 0 bridgehead atoms. The maximum atomic E-state index is 11.5. The van der Waals surface area contributed by atoms with Gasteiger partial charge in [0.05, 0.1) is 43.7 Å². The fourth-order valence-corrected chi connectivity index (χ4v) is 6.20. The summed E-state index contributed by atoms with van der Waals surface area (Å²) in [6, 6.07) is 41.2. The van der Waals surface area contributed by atoms with E-state index in [9.17, 15) is 30.4 Å². The lowest BCUT2D eigenvalue weighted by Crippen LogP contribution is -1.90. The van der Waals surface area contributed by atoms with Crippen molar-refractivity contribution in [2.24, 2.45) is 0 Å². The lowest BCUT2D eigenvalue weighted by molar-refractivity contribution is -0.385. The van der Waals surface area contributed by atoms with Gasteiger partial charge >= 0.3 is 0 Å². The van der Waals surface area contributed by atoms with Gasteiger partial charge in [0.2, 0.25) is 0 Å². The number of hydrogen-bond acceptors (Lipinski definition) is 9. The van der Waals surface area contributed by atoms with Crippen molar-refractivity contribution in [3.8, 4) is 90.8 Å². The summed E-state index contributed by atoms with van der Waals surface area (Å²) < 4.78 is 6.19. The number of aromatic nitrogens is 4. The van der Waals surface area contributed by atoms with E-state index in [2.05, 4.69) is 9.97 Å². The molecule has 0 fully saturated rings. The highest BCUT2D eigenvalue weighted by atomic mass is 16.6. The number of H-pyrrole nitrogens is 2. The van der Waals surface area contributed by atoms with Crippen molar-refractivity contribution in [1.82, 2.24) is 19.9 Å². The van der Waals surface area contributed by atoms with Crippen LogP contribution in [0.3, 0.4) is 0 Å². The Balaban J connectivity index is 1.08. The number of imidazole rings is 2. The van der Waals surface area contributed by atoms with Crippen molar-refractivity contribution >= 4 is 11.4 Å². The predicted octanol–water partition coefficient (Wildman–Crippen LogP) is 10.2. The lowest BCUT2D eigenvalue weighted by atomic mass is 10.0. The number of hydrogen-bond donors (Lipinski definition) is 4. The second-order valence-electron chi connectivity index (χ2n) is 12.4. The highest BCUT2D eigenvalue weighted by Gasteiger charge is 2.21. The van der Waals surface area contributed by atoms with E-state index in [1.54, 1.807) is 12.1 Å². The van der Waals surface area contributed by atoms with Crippen LogP contribution in [0.2, 0.25) is 0 Å². The minimum Gasteiger partial charge on any atom is -0.507 e. The zero-order valence-electron chi connectivity index (χ0n) is 28.6. The first kappa shape index (κ1) is 34.0. The molecule has 0 unspecified atom stereocenters. The predicted molar refractivity (Wildman–Crippen MR) is 207 cm³/mol. The Morgan fingerprint density at radius 1 is 0.491 bits per heavy atom. The van der Waals surface area contributed by atoms with Gasteiger partial charge in [-0.2, -0.15) is 0 Å². The summed E-state index contributed by atoms with van der Waals surface area (Å²) in [4.78, 5) is 37.9. The summed E-state index contributed by atoms with van der Waals surface area (Å²) in [7, 11) is 0. The lowest BCUT2D eigenvalue weighted by Gasteiger charge is -2.09. The van der Waals surface area contributed by atoms with Gasteiger partial charge in [-0.25, -0.2) is 9.97 Å². The number of benzene rings is 6. The molecule has 0 aliphatic carbocycles. The van der Waals surface area contributed by atoms with Gasteiger partial charge in [0.15, 0.2) is 0 Å². The van der Waals surface area contributed by atoms with Crippen LogP contribution in [0, 0.1) is 20.2 Å². The third-order valence-corrected chi connectivity index (χ3v) is 8.92. The third kappa shape index (κ3) is 6.83. The first-order chi connectivity index (χ1) is 26.7. The van der Waals surface area contributed by atoms with Crippen molar-refractivity contribution in [1.29, 1.82) is 0 Å². The fourth-order valence-electron chi connectivity index (χ4n) is 6.20. The van der Waals surface area contributed by atoms with Gasteiger partial charge in [0.1, 0.15) is 34.6 Å². The number of rotatable bonds is 10. The molecule has 0 spiro atoms. The molecule has 13 nitrogen and oxygen atoms in total. The van der Waals surface area contributed by atoms with Crippen molar-refractivity contribution < 1.29 is 24.8 Å². The van der Waals surface area contributed by atoms with E-state index in [4.69, 9.17) is 14.7 Å². The smallest absolute Gasteiger partial charge is 0.270 e. The molecular formula is C42H28N6O7. The zero-order valence-corrected chi connectivity index (χ0v) is 28.6. The summed E-state index contributed by atoms with van der Waals surface area (Å²) in [5.74, 6) is 1.37. The molecule has 0 amide bonds. The number of aromatic hydroxyl groups is 2. The molecular weight excluding hydrogens is 700 g/mol. The van der Waals surface area contributed by atoms with E-state index in [1.165, 1.54) is 36.4 Å². The molecule has 2 heterocycles. The molecule has 0 aliphatic rings. The SMILES string of the molecule is O=[N+]([O-])c1ccc(O)c(-c2nc(-c3ccc(Oc4ccc(-c5[nH]c(-c6cc([N+](=O)[O-])ccc6O)nc5-c5ccccc5)cc4)cc3)c(-c3ccccc3)[nH]2)c1. The van der Waals surface area contributed by atoms with E-state index in [-0.39, 0.29) is 45.6 Å². The molecule has 8 rings (SSSR count). The number of nitro benzene ring substituents is 2. The van der Waals surface area contributed by atoms with Crippen LogP contribution in [-0.2, 0) is 0 Å². The van der Waals surface area contributed by atoms with Crippen LogP contribution in [-0.4, -0.2) is 40.0 Å². The van der Waals surface area contributed by atoms with E-state index < -0.39 is 9.85 Å². The second kappa shape index (κ2) is 14.2. The normalized spacial score (nSPS) is 11.0. The Morgan fingerprint density at radius 3 is 1.31 bits per heavy atom. The van der Waals surface area contributed by atoms with Gasteiger partial charge in [-0.3, -0.25) is 20.2 Å². The monoisotopic (exact) mass is 728 g/mol. The van der Waals surface area contributed by atoms with Crippen LogP contribution in [0.5, 0.6) is 23.0 Å². The Hall–Kier alpha value is -8.06. The van der Waals surface area contributed by atoms with Gasteiger partial charge in [-0.1, -0.05) is 60.7 Å². The molecule has 0 atom stereocenters. The Kier molecular flexibility index (Phi) is 8.77. The Labute approximate surface area is 312 Å². The molecule has 6 aromatic carbocycles. The maximum absolute atomic E-state index is 11.5. The highest BCUT2D eigenvalue weighted by molar-refractivity contribution is 5.84. The van der Waals surface area contributed by atoms with E-state index in [0.29, 0.717) is 34.3 Å². The summed E-state index contributed by atoms with van der Waals surface area (Å²) in [5, 5.41) is 44.1. The molecule has 0 saturated heterocycles. The molecule has 13 heteroatoms. The first-order valence-corrected chi connectivity index (χ1v) is 16.9. The highest BCUT2D eigenvalue weighted by Crippen LogP contribution is 2.40. The summed E-state index contributed by atoms with van der Waals surface area (Å²) in [6.07, 6.45) is 0. The number of nitrogens with zero attached hydrogens (tertiary/aromatic N) is 4. The zero-order chi connectivity index (χ0) is 38.1. The first-order valence-electron chi connectivity index (χ1n) is 16.9. The van der Waals surface area contributed by atoms with Crippen LogP contribution < -0.4 is 4.74 Å². The number of non-ortho nitro benzene ring substituents is 2. The van der Waals surface area contributed by atoms with Crippen molar-refractivity contribution in [2.75, 3.05) is 0 Å². The van der Waals surface area contributed by atoms with Crippen molar-refractivity contribution in [3.05, 3.63) is 166 Å². The Morgan fingerprint density at radius 2 is 0.873 bits per heavy atom. The summed E-state index contributed by atoms with van der Waals surface area (Å²) >= 11 is 0. The van der Waals surface area contributed by atoms with E-state index >= 15 is 0 Å². The largest absolute Gasteiger partial charge is 0.507 e. The van der Waals surface area contributed by atoms with E-state index in [1.807, 2.05) is 97.1 Å². The average molecular weight is 729 g/mol. The maximum Gasteiger partial charge on any atom is 0.270 e. The molecule has 0 radical (unpaired) electrons.